The van der Waals surface area contributed by atoms with Gasteiger partial charge in [0, 0.05) is 30.5 Å². The molecule has 5 amide bonds. The van der Waals surface area contributed by atoms with Gasteiger partial charge in [0.15, 0.2) is 0 Å². The van der Waals surface area contributed by atoms with Crippen LogP contribution < -0.4 is 16.0 Å². The predicted octanol–water partition coefficient (Wildman–Crippen LogP) is 3.09. The molecule has 0 spiro atoms. The third kappa shape index (κ3) is 4.26. The normalized spacial score (nSPS) is 12.6. The highest BCUT2D eigenvalue weighted by Gasteiger charge is 2.35. The summed E-state index contributed by atoms with van der Waals surface area (Å²) in [5.74, 6) is -1.07. The molecule has 29 heavy (non-hydrogen) atoms. The molecule has 0 aliphatic carbocycles. The third-order valence-corrected chi connectivity index (χ3v) is 4.60. The lowest BCUT2D eigenvalue weighted by molar-refractivity contribution is 0.0652. The van der Waals surface area contributed by atoms with Crippen LogP contribution in [0.25, 0.3) is 0 Å². The van der Waals surface area contributed by atoms with E-state index in [4.69, 9.17) is 0 Å². The van der Waals surface area contributed by atoms with Gasteiger partial charge in [-0.3, -0.25) is 19.3 Å². The van der Waals surface area contributed by atoms with Crippen molar-refractivity contribution in [2.75, 3.05) is 24.2 Å². The molecule has 3 rings (SSSR count). The number of imide groups is 1. The van der Waals surface area contributed by atoms with Crippen LogP contribution in [0, 0.1) is 0 Å². The number of nitrogens with one attached hydrogen (secondary N) is 3. The van der Waals surface area contributed by atoms with E-state index >= 15 is 0 Å². The van der Waals surface area contributed by atoms with Gasteiger partial charge in [-0.15, -0.1) is 0 Å². The minimum atomic E-state index is -0.396. The van der Waals surface area contributed by atoms with Crippen LogP contribution >= 0.6 is 0 Å². The predicted molar refractivity (Wildman–Crippen MR) is 109 cm³/mol. The fraction of sp³-hybridized carbons (Fsp3) is 0.238. The standard InChI is InChI=1S/C21H22N4O4/c1-3-4-11-25-19(27)16-10-5-13(12-17(16)20(25)28)18(26)23-14-6-8-15(9-7-14)24-21(29)22-2/h5-10,12H,3-4,11H2,1-2H3,(H,23,26)(H2,22,24,29). The average Bonchev–Trinajstić information content (AvgIpc) is 2.97. The number of carbonyl (C=O) groups excluding carboxylic acids is 4. The van der Waals surface area contributed by atoms with Crippen molar-refractivity contribution in [3.63, 3.8) is 0 Å². The Morgan fingerprint density at radius 2 is 1.52 bits per heavy atom. The number of carbonyl (C=O) groups is 4. The fourth-order valence-electron chi connectivity index (χ4n) is 2.99. The Morgan fingerprint density at radius 1 is 0.897 bits per heavy atom. The second kappa shape index (κ2) is 8.55. The smallest absolute Gasteiger partial charge is 0.318 e. The summed E-state index contributed by atoms with van der Waals surface area (Å²) in [5, 5.41) is 7.81. The van der Waals surface area contributed by atoms with Gasteiger partial charge in [0.2, 0.25) is 0 Å². The third-order valence-electron chi connectivity index (χ3n) is 4.60. The highest BCUT2D eigenvalue weighted by atomic mass is 16.2. The molecule has 1 aliphatic heterocycles. The van der Waals surface area contributed by atoms with Crippen molar-refractivity contribution in [1.29, 1.82) is 0 Å². The molecule has 0 atom stereocenters. The van der Waals surface area contributed by atoms with Crippen LogP contribution in [0.1, 0.15) is 50.8 Å². The zero-order chi connectivity index (χ0) is 21.0. The Kier molecular flexibility index (Phi) is 5.92. The van der Waals surface area contributed by atoms with E-state index in [2.05, 4.69) is 16.0 Å². The first kappa shape index (κ1) is 20.1. The summed E-state index contributed by atoms with van der Waals surface area (Å²) in [5.41, 5.74) is 1.98. The molecule has 2 aromatic rings. The lowest BCUT2D eigenvalue weighted by atomic mass is 10.1. The van der Waals surface area contributed by atoms with E-state index in [1.54, 1.807) is 24.3 Å². The fourth-order valence-corrected chi connectivity index (χ4v) is 2.99. The highest BCUT2D eigenvalue weighted by Crippen LogP contribution is 2.25. The number of hydrogen-bond acceptors (Lipinski definition) is 4. The molecule has 8 heteroatoms. The molecule has 1 aliphatic rings. The highest BCUT2D eigenvalue weighted by molar-refractivity contribution is 6.22. The van der Waals surface area contributed by atoms with Crippen LogP contribution in [0.15, 0.2) is 42.5 Å². The molecule has 0 fully saturated rings. The largest absolute Gasteiger partial charge is 0.341 e. The van der Waals surface area contributed by atoms with Crippen LogP contribution in [-0.4, -0.2) is 42.2 Å². The molecule has 3 N–H and O–H groups in total. The Hall–Kier alpha value is -3.68. The maximum atomic E-state index is 12.6. The van der Waals surface area contributed by atoms with Crippen molar-refractivity contribution in [2.24, 2.45) is 0 Å². The van der Waals surface area contributed by atoms with E-state index in [0.717, 1.165) is 12.8 Å². The molecular weight excluding hydrogens is 372 g/mol. The van der Waals surface area contributed by atoms with Crippen molar-refractivity contribution in [2.45, 2.75) is 19.8 Å². The first-order chi connectivity index (χ1) is 13.9. The molecule has 2 aromatic carbocycles. The van der Waals surface area contributed by atoms with Gasteiger partial charge in [-0.2, -0.15) is 0 Å². The number of rotatable bonds is 6. The summed E-state index contributed by atoms with van der Waals surface area (Å²) in [6, 6.07) is 10.8. The Balaban J connectivity index is 1.72. The lowest BCUT2D eigenvalue weighted by Gasteiger charge is -2.12. The lowest BCUT2D eigenvalue weighted by Crippen LogP contribution is -2.30. The van der Waals surface area contributed by atoms with Gasteiger partial charge in [-0.25, -0.2) is 4.79 Å². The number of urea groups is 1. The second-order valence-corrected chi connectivity index (χ2v) is 6.61. The topological polar surface area (TPSA) is 108 Å². The van der Waals surface area contributed by atoms with E-state index in [-0.39, 0.29) is 29.0 Å². The Labute approximate surface area is 168 Å². The van der Waals surface area contributed by atoms with Gasteiger partial charge in [0.25, 0.3) is 17.7 Å². The van der Waals surface area contributed by atoms with Gasteiger partial charge in [0.1, 0.15) is 0 Å². The maximum Gasteiger partial charge on any atom is 0.318 e. The summed E-state index contributed by atoms with van der Waals surface area (Å²) in [4.78, 5) is 50.0. The molecular formula is C21H22N4O4. The number of unbranched alkanes of at least 4 members (excludes halogenated alkanes) is 1. The summed E-state index contributed by atoms with van der Waals surface area (Å²) < 4.78 is 0. The second-order valence-electron chi connectivity index (χ2n) is 6.61. The van der Waals surface area contributed by atoms with Crippen LogP contribution in [-0.2, 0) is 0 Å². The summed E-state index contributed by atoms with van der Waals surface area (Å²) in [6.07, 6.45) is 1.61. The van der Waals surface area contributed by atoms with E-state index in [1.165, 1.54) is 30.1 Å². The number of benzene rings is 2. The van der Waals surface area contributed by atoms with Crippen molar-refractivity contribution in [3.05, 3.63) is 59.2 Å². The molecule has 0 unspecified atom stereocenters. The van der Waals surface area contributed by atoms with Crippen molar-refractivity contribution < 1.29 is 19.2 Å². The van der Waals surface area contributed by atoms with Gasteiger partial charge < -0.3 is 16.0 Å². The quantitative estimate of drug-likeness (QED) is 0.654. The van der Waals surface area contributed by atoms with E-state index < -0.39 is 5.91 Å². The molecule has 1 heterocycles. The van der Waals surface area contributed by atoms with Crippen LogP contribution in [0.4, 0.5) is 16.2 Å². The van der Waals surface area contributed by atoms with Crippen molar-refractivity contribution in [1.82, 2.24) is 10.2 Å². The molecule has 0 bridgehead atoms. The number of amides is 5. The summed E-state index contributed by atoms with van der Waals surface area (Å²) in [6.45, 7) is 2.36. The number of hydrogen-bond donors (Lipinski definition) is 3. The SMILES string of the molecule is CCCCN1C(=O)c2ccc(C(=O)Nc3ccc(NC(=O)NC)cc3)cc2C1=O. The Morgan fingerprint density at radius 3 is 2.14 bits per heavy atom. The van der Waals surface area contributed by atoms with Gasteiger partial charge in [-0.1, -0.05) is 13.3 Å². The molecule has 0 aromatic heterocycles. The first-order valence-electron chi connectivity index (χ1n) is 9.35. The van der Waals surface area contributed by atoms with Gasteiger partial charge in [0.05, 0.1) is 11.1 Å². The average molecular weight is 394 g/mol. The number of fused-ring (bicyclic) bond motifs is 1. The zero-order valence-corrected chi connectivity index (χ0v) is 16.2. The summed E-state index contributed by atoms with van der Waals surface area (Å²) in [7, 11) is 1.52. The van der Waals surface area contributed by atoms with Crippen molar-refractivity contribution >= 4 is 35.1 Å². The maximum absolute atomic E-state index is 12.6. The van der Waals surface area contributed by atoms with Crippen LogP contribution in [0.5, 0.6) is 0 Å². The first-order valence-corrected chi connectivity index (χ1v) is 9.35. The summed E-state index contributed by atoms with van der Waals surface area (Å²) >= 11 is 0. The minimum absolute atomic E-state index is 0.254. The Bertz CT molecular complexity index is 969. The van der Waals surface area contributed by atoms with E-state index in [0.29, 0.717) is 23.5 Å². The van der Waals surface area contributed by atoms with E-state index in [1.807, 2.05) is 6.92 Å². The number of anilines is 2. The molecule has 150 valence electrons. The zero-order valence-electron chi connectivity index (χ0n) is 16.2. The minimum Gasteiger partial charge on any atom is -0.341 e. The number of nitrogens with zero attached hydrogens (tertiary/aromatic N) is 1. The monoisotopic (exact) mass is 394 g/mol. The molecule has 8 nitrogen and oxygen atoms in total. The van der Waals surface area contributed by atoms with Crippen molar-refractivity contribution in [3.8, 4) is 0 Å². The van der Waals surface area contributed by atoms with Gasteiger partial charge in [-0.05, 0) is 48.9 Å². The molecule has 0 saturated heterocycles. The van der Waals surface area contributed by atoms with E-state index in [9.17, 15) is 19.2 Å². The van der Waals surface area contributed by atoms with Crippen LogP contribution in [0.3, 0.4) is 0 Å². The van der Waals surface area contributed by atoms with Gasteiger partial charge >= 0.3 is 6.03 Å². The molecule has 0 radical (unpaired) electrons. The van der Waals surface area contributed by atoms with Crippen LogP contribution in [0.2, 0.25) is 0 Å². The molecule has 0 saturated carbocycles.